The first-order chi connectivity index (χ1) is 13.1. The molecule has 5 heteroatoms. The average Bonchev–Trinajstić information content (AvgIpc) is 2.71. The molecule has 0 aromatic heterocycles. The van der Waals surface area contributed by atoms with Crippen LogP contribution < -0.4 is 11.1 Å². The molecule has 3 aromatic rings. The van der Waals surface area contributed by atoms with Crippen LogP contribution in [0.25, 0.3) is 11.1 Å². The van der Waals surface area contributed by atoms with Gasteiger partial charge in [-0.1, -0.05) is 72.8 Å². The van der Waals surface area contributed by atoms with Crippen molar-refractivity contribution in [2.24, 2.45) is 5.73 Å². The monoisotopic (exact) mass is 360 g/mol. The van der Waals surface area contributed by atoms with Crippen molar-refractivity contribution in [3.63, 3.8) is 0 Å². The molecule has 0 saturated carbocycles. The highest BCUT2D eigenvalue weighted by molar-refractivity contribution is 6.00. The van der Waals surface area contributed by atoms with Gasteiger partial charge in [-0.3, -0.25) is 4.79 Å². The van der Waals surface area contributed by atoms with E-state index in [1.807, 2.05) is 66.7 Å². The number of hydrogen-bond acceptors (Lipinski definition) is 3. The summed E-state index contributed by atoms with van der Waals surface area (Å²) in [6.07, 6.45) is -0.503. The SMILES string of the molecule is NC(=O)c1ccccc1-c1ccccc1CNC(=O)OCc1ccccc1. The Morgan fingerprint density at radius 1 is 0.815 bits per heavy atom. The summed E-state index contributed by atoms with van der Waals surface area (Å²) < 4.78 is 5.23. The van der Waals surface area contributed by atoms with Crippen LogP contribution in [-0.4, -0.2) is 12.0 Å². The normalized spacial score (nSPS) is 10.2. The second kappa shape index (κ2) is 8.67. The molecule has 27 heavy (non-hydrogen) atoms. The Morgan fingerprint density at radius 2 is 1.44 bits per heavy atom. The van der Waals surface area contributed by atoms with Crippen molar-refractivity contribution in [3.05, 3.63) is 95.6 Å². The lowest BCUT2D eigenvalue weighted by molar-refractivity contribution is 0.100. The molecule has 0 heterocycles. The molecule has 0 saturated heterocycles. The highest BCUT2D eigenvalue weighted by Gasteiger charge is 2.13. The predicted octanol–water partition coefficient (Wildman–Crippen LogP) is 3.88. The van der Waals surface area contributed by atoms with Gasteiger partial charge in [-0.05, 0) is 28.3 Å². The Kier molecular flexibility index (Phi) is 5.84. The molecule has 0 atom stereocenters. The zero-order chi connectivity index (χ0) is 19.1. The Morgan fingerprint density at radius 3 is 2.19 bits per heavy atom. The van der Waals surface area contributed by atoms with Crippen LogP contribution in [-0.2, 0) is 17.9 Å². The van der Waals surface area contributed by atoms with Gasteiger partial charge in [0.05, 0.1) is 0 Å². The number of carbonyl (C=O) groups excluding carboxylic acids is 2. The second-order valence-electron chi connectivity index (χ2n) is 5.98. The largest absolute Gasteiger partial charge is 0.445 e. The molecular weight excluding hydrogens is 340 g/mol. The number of ether oxygens (including phenoxy) is 1. The Labute approximate surface area is 157 Å². The first-order valence-electron chi connectivity index (χ1n) is 8.57. The standard InChI is InChI=1S/C22H20N2O3/c23-21(25)20-13-7-6-12-19(20)18-11-5-4-10-17(18)14-24-22(26)27-15-16-8-2-1-3-9-16/h1-13H,14-15H2,(H2,23,25)(H,24,26). The molecule has 5 nitrogen and oxygen atoms in total. The maximum atomic E-state index is 12.0. The van der Waals surface area contributed by atoms with Gasteiger partial charge in [0, 0.05) is 12.1 Å². The van der Waals surface area contributed by atoms with Gasteiger partial charge in [-0.25, -0.2) is 4.79 Å². The third kappa shape index (κ3) is 4.73. The van der Waals surface area contributed by atoms with Crippen molar-refractivity contribution < 1.29 is 14.3 Å². The highest BCUT2D eigenvalue weighted by Crippen LogP contribution is 2.27. The molecule has 0 spiro atoms. The summed E-state index contributed by atoms with van der Waals surface area (Å²) in [4.78, 5) is 23.7. The molecule has 3 rings (SSSR count). The number of amides is 2. The first kappa shape index (κ1) is 18.2. The fourth-order valence-corrected chi connectivity index (χ4v) is 2.81. The maximum absolute atomic E-state index is 12.0. The number of rotatable bonds is 6. The lowest BCUT2D eigenvalue weighted by Crippen LogP contribution is -2.24. The third-order valence-corrected chi connectivity index (χ3v) is 4.14. The molecule has 2 amide bonds. The Hall–Kier alpha value is -3.60. The van der Waals surface area contributed by atoms with Crippen molar-refractivity contribution in [2.75, 3.05) is 0 Å². The summed E-state index contributed by atoms with van der Waals surface area (Å²) >= 11 is 0. The quantitative estimate of drug-likeness (QED) is 0.700. The summed E-state index contributed by atoms with van der Waals surface area (Å²) in [6, 6.07) is 24.2. The molecule has 0 aliphatic heterocycles. The summed E-state index contributed by atoms with van der Waals surface area (Å²) in [7, 11) is 0. The summed E-state index contributed by atoms with van der Waals surface area (Å²) in [5.74, 6) is -0.490. The van der Waals surface area contributed by atoms with E-state index < -0.39 is 12.0 Å². The highest BCUT2D eigenvalue weighted by atomic mass is 16.5. The minimum Gasteiger partial charge on any atom is -0.445 e. The lowest BCUT2D eigenvalue weighted by atomic mass is 9.95. The van der Waals surface area contributed by atoms with Crippen molar-refractivity contribution in [2.45, 2.75) is 13.2 Å². The van der Waals surface area contributed by atoms with E-state index in [-0.39, 0.29) is 13.2 Å². The van der Waals surface area contributed by atoms with Crippen molar-refractivity contribution >= 4 is 12.0 Å². The molecule has 3 N–H and O–H groups in total. The zero-order valence-electron chi connectivity index (χ0n) is 14.7. The van der Waals surface area contributed by atoms with Gasteiger partial charge >= 0.3 is 6.09 Å². The third-order valence-electron chi connectivity index (χ3n) is 4.14. The van der Waals surface area contributed by atoms with Crippen molar-refractivity contribution in [1.29, 1.82) is 0 Å². The van der Waals surface area contributed by atoms with Gasteiger partial charge in [-0.15, -0.1) is 0 Å². The summed E-state index contributed by atoms with van der Waals surface area (Å²) in [5, 5.41) is 2.75. The minimum atomic E-state index is -0.503. The van der Waals surface area contributed by atoms with Crippen LogP contribution in [0.2, 0.25) is 0 Å². The molecule has 0 radical (unpaired) electrons. The number of primary amides is 1. The zero-order valence-corrected chi connectivity index (χ0v) is 14.7. The molecule has 0 aliphatic carbocycles. The summed E-state index contributed by atoms with van der Waals surface area (Å²) in [6.45, 7) is 0.482. The molecule has 0 fully saturated rings. The Balaban J connectivity index is 1.70. The van der Waals surface area contributed by atoms with Crippen molar-refractivity contribution in [1.82, 2.24) is 5.32 Å². The van der Waals surface area contributed by atoms with Gasteiger partial charge < -0.3 is 15.8 Å². The van der Waals surface area contributed by atoms with Crippen LogP contribution in [0.1, 0.15) is 21.5 Å². The van der Waals surface area contributed by atoms with Crippen LogP contribution in [0.4, 0.5) is 4.79 Å². The molecule has 0 aliphatic rings. The summed E-state index contributed by atoms with van der Waals surface area (Å²) in [5.41, 5.74) is 9.29. The fourth-order valence-electron chi connectivity index (χ4n) is 2.81. The van der Waals surface area contributed by atoms with E-state index in [1.165, 1.54) is 0 Å². The molecule has 0 unspecified atom stereocenters. The lowest BCUT2D eigenvalue weighted by Gasteiger charge is -2.13. The van der Waals surface area contributed by atoms with Crippen LogP contribution in [0.5, 0.6) is 0 Å². The molecule has 136 valence electrons. The first-order valence-corrected chi connectivity index (χ1v) is 8.57. The predicted molar refractivity (Wildman–Crippen MR) is 104 cm³/mol. The number of benzene rings is 3. The number of nitrogens with two attached hydrogens (primary N) is 1. The van der Waals surface area contributed by atoms with Gasteiger partial charge in [0.1, 0.15) is 6.61 Å². The smallest absolute Gasteiger partial charge is 0.407 e. The second-order valence-corrected chi connectivity index (χ2v) is 5.98. The van der Waals surface area contributed by atoms with Crippen LogP contribution in [0, 0.1) is 0 Å². The van der Waals surface area contributed by atoms with Gasteiger partial charge in [0.15, 0.2) is 0 Å². The average molecular weight is 360 g/mol. The fraction of sp³-hybridized carbons (Fsp3) is 0.0909. The van der Waals surface area contributed by atoms with E-state index in [4.69, 9.17) is 10.5 Å². The van der Waals surface area contributed by atoms with E-state index in [0.29, 0.717) is 5.56 Å². The van der Waals surface area contributed by atoms with E-state index >= 15 is 0 Å². The minimum absolute atomic E-state index is 0.207. The Bertz CT molecular complexity index is 939. The number of carbonyl (C=O) groups is 2. The van der Waals surface area contributed by atoms with Crippen LogP contribution in [0.15, 0.2) is 78.9 Å². The topological polar surface area (TPSA) is 81.4 Å². The van der Waals surface area contributed by atoms with Crippen molar-refractivity contribution in [3.8, 4) is 11.1 Å². The number of alkyl carbamates (subject to hydrolysis) is 1. The van der Waals surface area contributed by atoms with Gasteiger partial charge in [0.2, 0.25) is 5.91 Å². The van der Waals surface area contributed by atoms with Crippen LogP contribution in [0.3, 0.4) is 0 Å². The van der Waals surface area contributed by atoms with E-state index in [0.717, 1.165) is 22.3 Å². The van der Waals surface area contributed by atoms with Gasteiger partial charge in [-0.2, -0.15) is 0 Å². The number of hydrogen-bond donors (Lipinski definition) is 2. The van der Waals surface area contributed by atoms with Crippen LogP contribution >= 0.6 is 0 Å². The van der Waals surface area contributed by atoms with E-state index in [2.05, 4.69) is 5.32 Å². The van der Waals surface area contributed by atoms with E-state index in [1.54, 1.807) is 12.1 Å². The molecule has 3 aromatic carbocycles. The molecular formula is C22H20N2O3. The number of nitrogens with one attached hydrogen (secondary N) is 1. The van der Waals surface area contributed by atoms with E-state index in [9.17, 15) is 9.59 Å². The van der Waals surface area contributed by atoms with Gasteiger partial charge in [0.25, 0.3) is 0 Å². The molecule has 0 bridgehead atoms. The maximum Gasteiger partial charge on any atom is 0.407 e.